The molecule has 0 radical (unpaired) electrons. The standard InChI is InChI=1S/C22H26N2O3S/c1-5-12-26-16-8-6-15(7-9-16)23-21(28)24-19-14-22(2,3)27-20-11-10-17(25-4)13-18(19)20/h5-11,13,19H,1,12,14H2,2-4H3,(H2,23,24,28)/t19-/m0/s1. The summed E-state index contributed by atoms with van der Waals surface area (Å²) in [5, 5.41) is 7.20. The van der Waals surface area contributed by atoms with Crippen molar-refractivity contribution in [3.63, 3.8) is 0 Å². The molecule has 0 spiro atoms. The molecule has 28 heavy (non-hydrogen) atoms. The quantitative estimate of drug-likeness (QED) is 0.536. The highest BCUT2D eigenvalue weighted by Crippen LogP contribution is 2.41. The molecule has 2 N–H and O–H groups in total. The number of ether oxygens (including phenoxy) is 3. The largest absolute Gasteiger partial charge is 0.497 e. The number of hydrogen-bond donors (Lipinski definition) is 2. The Kier molecular flexibility index (Phi) is 6.09. The lowest BCUT2D eigenvalue weighted by Gasteiger charge is -2.38. The Morgan fingerprint density at radius 1 is 1.25 bits per heavy atom. The molecule has 0 unspecified atom stereocenters. The molecule has 1 aliphatic heterocycles. The topological polar surface area (TPSA) is 51.8 Å². The van der Waals surface area contributed by atoms with E-state index in [1.54, 1.807) is 13.2 Å². The normalized spacial score (nSPS) is 16.9. The van der Waals surface area contributed by atoms with Gasteiger partial charge in [0, 0.05) is 17.7 Å². The maximum absolute atomic E-state index is 6.11. The molecule has 1 aliphatic rings. The molecular weight excluding hydrogens is 372 g/mol. The molecule has 0 fully saturated rings. The van der Waals surface area contributed by atoms with E-state index in [4.69, 9.17) is 26.4 Å². The molecule has 0 saturated heterocycles. The molecule has 148 valence electrons. The third-order valence-electron chi connectivity index (χ3n) is 4.46. The van der Waals surface area contributed by atoms with Crippen LogP contribution in [0.3, 0.4) is 0 Å². The second-order valence-corrected chi connectivity index (χ2v) is 7.65. The molecule has 3 rings (SSSR count). The molecule has 5 nitrogen and oxygen atoms in total. The Morgan fingerprint density at radius 3 is 2.64 bits per heavy atom. The van der Waals surface area contributed by atoms with Gasteiger partial charge in [0.15, 0.2) is 5.11 Å². The van der Waals surface area contributed by atoms with Crippen molar-refractivity contribution in [2.45, 2.75) is 31.9 Å². The second kappa shape index (κ2) is 8.52. The van der Waals surface area contributed by atoms with Crippen LogP contribution in [-0.4, -0.2) is 24.4 Å². The third kappa shape index (κ3) is 4.95. The monoisotopic (exact) mass is 398 g/mol. The number of methoxy groups -OCH3 is 1. The SMILES string of the molecule is C=CCOc1ccc(NC(=S)N[C@H]2CC(C)(C)Oc3ccc(OC)cc32)cc1. The lowest BCUT2D eigenvalue weighted by atomic mass is 9.89. The summed E-state index contributed by atoms with van der Waals surface area (Å²) in [4.78, 5) is 0. The number of thiocarbonyl (C=S) groups is 1. The van der Waals surface area contributed by atoms with E-state index in [1.807, 2.05) is 42.5 Å². The van der Waals surface area contributed by atoms with Gasteiger partial charge in [-0.3, -0.25) is 0 Å². The molecule has 0 aromatic heterocycles. The van der Waals surface area contributed by atoms with Crippen molar-refractivity contribution < 1.29 is 14.2 Å². The third-order valence-corrected chi connectivity index (χ3v) is 4.68. The first-order valence-corrected chi connectivity index (χ1v) is 9.59. The van der Waals surface area contributed by atoms with Crippen molar-refractivity contribution >= 4 is 23.0 Å². The maximum atomic E-state index is 6.11. The van der Waals surface area contributed by atoms with Crippen LogP contribution in [0, 0.1) is 0 Å². The lowest BCUT2D eigenvalue weighted by molar-refractivity contribution is 0.0695. The van der Waals surface area contributed by atoms with Crippen molar-refractivity contribution in [3.8, 4) is 17.2 Å². The van der Waals surface area contributed by atoms with E-state index in [-0.39, 0.29) is 11.6 Å². The van der Waals surface area contributed by atoms with Gasteiger partial charge in [-0.1, -0.05) is 12.7 Å². The summed E-state index contributed by atoms with van der Waals surface area (Å²) in [5.41, 5.74) is 1.63. The minimum atomic E-state index is -0.293. The van der Waals surface area contributed by atoms with Crippen LogP contribution in [0.5, 0.6) is 17.2 Å². The molecule has 1 atom stereocenters. The Balaban J connectivity index is 1.70. The van der Waals surface area contributed by atoms with Crippen LogP contribution in [0.15, 0.2) is 55.1 Å². The zero-order valence-corrected chi connectivity index (χ0v) is 17.3. The number of rotatable bonds is 6. The van der Waals surface area contributed by atoms with Crippen molar-refractivity contribution in [3.05, 3.63) is 60.7 Å². The molecular formula is C22H26N2O3S. The number of hydrogen-bond acceptors (Lipinski definition) is 4. The van der Waals surface area contributed by atoms with Gasteiger partial charge in [0.2, 0.25) is 0 Å². The van der Waals surface area contributed by atoms with Crippen molar-refractivity contribution in [2.24, 2.45) is 0 Å². The van der Waals surface area contributed by atoms with Crippen LogP contribution in [0.25, 0.3) is 0 Å². The van der Waals surface area contributed by atoms with E-state index >= 15 is 0 Å². The Bertz CT molecular complexity index is 849. The number of benzene rings is 2. The fraction of sp³-hybridized carbons (Fsp3) is 0.318. The fourth-order valence-electron chi connectivity index (χ4n) is 3.20. The summed E-state index contributed by atoms with van der Waals surface area (Å²) in [6.45, 7) is 8.28. The van der Waals surface area contributed by atoms with E-state index in [0.29, 0.717) is 11.7 Å². The van der Waals surface area contributed by atoms with Crippen molar-refractivity contribution in [2.75, 3.05) is 19.0 Å². The minimum Gasteiger partial charge on any atom is -0.497 e. The van der Waals surface area contributed by atoms with Crippen LogP contribution >= 0.6 is 12.2 Å². The summed E-state index contributed by atoms with van der Waals surface area (Å²) in [5.74, 6) is 2.43. The highest BCUT2D eigenvalue weighted by atomic mass is 32.1. The van der Waals surface area contributed by atoms with E-state index in [0.717, 1.165) is 34.9 Å². The highest BCUT2D eigenvalue weighted by molar-refractivity contribution is 7.80. The van der Waals surface area contributed by atoms with E-state index in [2.05, 4.69) is 31.1 Å². The van der Waals surface area contributed by atoms with Gasteiger partial charge in [-0.25, -0.2) is 0 Å². The maximum Gasteiger partial charge on any atom is 0.171 e. The number of fused-ring (bicyclic) bond motifs is 1. The predicted octanol–water partition coefficient (Wildman–Crippen LogP) is 4.85. The molecule has 6 heteroatoms. The summed E-state index contributed by atoms with van der Waals surface area (Å²) < 4.78 is 17.0. The van der Waals surface area contributed by atoms with Gasteiger partial charge < -0.3 is 24.8 Å². The van der Waals surface area contributed by atoms with Crippen LogP contribution < -0.4 is 24.8 Å². The van der Waals surface area contributed by atoms with Gasteiger partial charge in [0.05, 0.1) is 13.2 Å². The van der Waals surface area contributed by atoms with E-state index in [9.17, 15) is 0 Å². The zero-order valence-electron chi connectivity index (χ0n) is 16.5. The number of nitrogens with one attached hydrogen (secondary N) is 2. The molecule has 0 aliphatic carbocycles. The van der Waals surface area contributed by atoms with Gasteiger partial charge in [-0.2, -0.15) is 0 Å². The van der Waals surface area contributed by atoms with Crippen LogP contribution in [0.2, 0.25) is 0 Å². The first-order valence-electron chi connectivity index (χ1n) is 9.18. The summed E-state index contributed by atoms with van der Waals surface area (Å²) in [6.07, 6.45) is 2.50. The average Bonchev–Trinajstić information content (AvgIpc) is 2.66. The molecule has 2 aromatic carbocycles. The second-order valence-electron chi connectivity index (χ2n) is 7.24. The fourth-order valence-corrected chi connectivity index (χ4v) is 3.46. The van der Waals surface area contributed by atoms with E-state index in [1.165, 1.54) is 0 Å². The first-order chi connectivity index (χ1) is 13.4. The lowest BCUT2D eigenvalue weighted by Crippen LogP contribution is -2.42. The molecule has 0 saturated carbocycles. The van der Waals surface area contributed by atoms with E-state index < -0.39 is 0 Å². The van der Waals surface area contributed by atoms with Gasteiger partial charge in [0.25, 0.3) is 0 Å². The average molecular weight is 399 g/mol. The zero-order chi connectivity index (χ0) is 20.1. The first kappa shape index (κ1) is 20.0. The predicted molar refractivity (Wildman–Crippen MR) is 117 cm³/mol. The molecule has 1 heterocycles. The summed E-state index contributed by atoms with van der Waals surface area (Å²) in [7, 11) is 1.66. The Hall–Kier alpha value is -2.73. The van der Waals surface area contributed by atoms with Crippen molar-refractivity contribution in [1.29, 1.82) is 0 Å². The van der Waals surface area contributed by atoms with Crippen molar-refractivity contribution in [1.82, 2.24) is 5.32 Å². The minimum absolute atomic E-state index is 0.0176. The summed E-state index contributed by atoms with van der Waals surface area (Å²) >= 11 is 5.55. The van der Waals surface area contributed by atoms with Gasteiger partial charge >= 0.3 is 0 Å². The molecule has 0 bridgehead atoms. The van der Waals surface area contributed by atoms with Gasteiger partial charge in [-0.05, 0) is 68.5 Å². The highest BCUT2D eigenvalue weighted by Gasteiger charge is 2.34. The van der Waals surface area contributed by atoms with Crippen LogP contribution in [-0.2, 0) is 0 Å². The van der Waals surface area contributed by atoms with Gasteiger partial charge in [0.1, 0.15) is 29.5 Å². The van der Waals surface area contributed by atoms with Crippen LogP contribution in [0.1, 0.15) is 31.9 Å². The molecule has 0 amide bonds. The Labute approximate surface area is 171 Å². The molecule has 2 aromatic rings. The van der Waals surface area contributed by atoms with Crippen LogP contribution in [0.4, 0.5) is 5.69 Å². The van der Waals surface area contributed by atoms with Gasteiger partial charge in [-0.15, -0.1) is 0 Å². The number of anilines is 1. The smallest absolute Gasteiger partial charge is 0.171 e. The Morgan fingerprint density at radius 2 is 1.96 bits per heavy atom. The summed E-state index contributed by atoms with van der Waals surface area (Å²) in [6, 6.07) is 13.5.